The van der Waals surface area contributed by atoms with E-state index in [-0.39, 0.29) is 5.78 Å². The van der Waals surface area contributed by atoms with Crippen LogP contribution in [-0.4, -0.2) is 5.78 Å². The molecule has 2 heteroatoms. The molecular weight excluding hydrogens is 288 g/mol. The molecule has 22 heavy (non-hydrogen) atoms. The Balaban J connectivity index is 1.93. The van der Waals surface area contributed by atoms with Crippen LogP contribution in [0.1, 0.15) is 21.5 Å². The van der Waals surface area contributed by atoms with E-state index in [1.807, 2.05) is 54.6 Å². The Morgan fingerprint density at radius 3 is 2.14 bits per heavy atom. The summed E-state index contributed by atoms with van der Waals surface area (Å²) in [6, 6.07) is 25.5. The largest absolute Gasteiger partial charge is 0.289 e. The minimum Gasteiger partial charge on any atom is -0.289 e. The predicted molar refractivity (Wildman–Crippen MR) is 91.6 cm³/mol. The zero-order valence-electron chi connectivity index (χ0n) is 12.3. The van der Waals surface area contributed by atoms with E-state index >= 15 is 0 Å². The Morgan fingerprint density at radius 2 is 1.41 bits per heavy atom. The second kappa shape index (κ2) is 6.63. The molecule has 0 aromatic heterocycles. The fraction of sp³-hybridized carbons (Fsp3) is 0.0500. The van der Waals surface area contributed by atoms with Crippen LogP contribution >= 0.6 is 11.8 Å². The van der Waals surface area contributed by atoms with Gasteiger partial charge >= 0.3 is 0 Å². The quantitative estimate of drug-likeness (QED) is 0.602. The van der Waals surface area contributed by atoms with Crippen molar-refractivity contribution in [1.82, 2.24) is 0 Å². The van der Waals surface area contributed by atoms with Crippen LogP contribution in [0.4, 0.5) is 0 Å². The summed E-state index contributed by atoms with van der Waals surface area (Å²) in [4.78, 5) is 14.8. The molecule has 0 aliphatic heterocycles. The van der Waals surface area contributed by atoms with Crippen LogP contribution in [0.25, 0.3) is 0 Å². The second-order valence-corrected chi connectivity index (χ2v) is 6.22. The lowest BCUT2D eigenvalue weighted by atomic mass is 10.0. The third-order valence-electron chi connectivity index (χ3n) is 3.42. The highest BCUT2D eigenvalue weighted by Gasteiger charge is 2.13. The van der Waals surface area contributed by atoms with E-state index in [0.717, 1.165) is 20.9 Å². The number of hydrogen-bond donors (Lipinski definition) is 0. The summed E-state index contributed by atoms with van der Waals surface area (Å²) in [5, 5.41) is 0. The Hall–Kier alpha value is -2.32. The number of benzene rings is 3. The summed E-state index contributed by atoms with van der Waals surface area (Å²) in [5.74, 6) is 0.0656. The van der Waals surface area contributed by atoms with Crippen LogP contribution < -0.4 is 0 Å². The van der Waals surface area contributed by atoms with Crippen LogP contribution in [0.15, 0.2) is 88.7 Å². The molecule has 3 aromatic rings. The Kier molecular flexibility index (Phi) is 4.40. The van der Waals surface area contributed by atoms with E-state index in [1.54, 1.807) is 11.8 Å². The van der Waals surface area contributed by atoms with Gasteiger partial charge in [-0.1, -0.05) is 71.9 Å². The molecule has 0 heterocycles. The fourth-order valence-corrected chi connectivity index (χ4v) is 3.16. The van der Waals surface area contributed by atoms with Gasteiger partial charge in [-0.2, -0.15) is 0 Å². The van der Waals surface area contributed by atoms with E-state index < -0.39 is 0 Å². The molecule has 0 aliphatic rings. The summed E-state index contributed by atoms with van der Waals surface area (Å²) >= 11 is 1.63. The van der Waals surface area contributed by atoms with E-state index in [4.69, 9.17) is 0 Å². The van der Waals surface area contributed by atoms with Crippen molar-refractivity contribution in [1.29, 1.82) is 0 Å². The van der Waals surface area contributed by atoms with Gasteiger partial charge in [-0.25, -0.2) is 0 Å². The maximum Gasteiger partial charge on any atom is 0.194 e. The molecule has 0 unspecified atom stereocenters. The van der Waals surface area contributed by atoms with Gasteiger partial charge < -0.3 is 0 Å². The average Bonchev–Trinajstić information content (AvgIpc) is 2.58. The lowest BCUT2D eigenvalue weighted by Crippen LogP contribution is -2.02. The zero-order chi connectivity index (χ0) is 15.4. The molecule has 3 rings (SSSR count). The molecule has 0 saturated carbocycles. The minimum atomic E-state index is 0.0656. The van der Waals surface area contributed by atoms with E-state index in [0.29, 0.717) is 0 Å². The molecule has 0 saturated heterocycles. The van der Waals surface area contributed by atoms with Gasteiger partial charge in [0, 0.05) is 20.9 Å². The van der Waals surface area contributed by atoms with E-state index in [1.165, 1.54) is 5.56 Å². The van der Waals surface area contributed by atoms with E-state index in [2.05, 4.69) is 31.2 Å². The second-order valence-electron chi connectivity index (χ2n) is 5.11. The highest BCUT2D eigenvalue weighted by Crippen LogP contribution is 2.31. The SMILES string of the molecule is Cc1ccc(Sc2ccccc2C(=O)c2ccccc2)cc1. The molecule has 0 bridgehead atoms. The molecule has 108 valence electrons. The van der Waals surface area contributed by atoms with Gasteiger partial charge in [-0.3, -0.25) is 4.79 Å². The molecular formula is C20H16OS. The standard InChI is InChI=1S/C20H16OS/c1-15-11-13-17(14-12-15)22-19-10-6-5-9-18(19)20(21)16-7-3-2-4-8-16/h2-14H,1H3. The van der Waals surface area contributed by atoms with Crippen LogP contribution in [-0.2, 0) is 0 Å². The van der Waals surface area contributed by atoms with Crippen LogP contribution in [0.5, 0.6) is 0 Å². The molecule has 0 spiro atoms. The summed E-state index contributed by atoms with van der Waals surface area (Å²) in [7, 11) is 0. The Labute approximate surface area is 135 Å². The van der Waals surface area contributed by atoms with Gasteiger partial charge in [0.25, 0.3) is 0 Å². The van der Waals surface area contributed by atoms with Gasteiger partial charge in [0.15, 0.2) is 5.78 Å². The lowest BCUT2D eigenvalue weighted by Gasteiger charge is -2.08. The number of hydrogen-bond acceptors (Lipinski definition) is 2. The third kappa shape index (κ3) is 3.29. The maximum atomic E-state index is 12.7. The third-order valence-corrected chi connectivity index (χ3v) is 4.50. The highest BCUT2D eigenvalue weighted by molar-refractivity contribution is 7.99. The highest BCUT2D eigenvalue weighted by atomic mass is 32.2. The molecule has 0 atom stereocenters. The maximum absolute atomic E-state index is 12.7. The van der Waals surface area contributed by atoms with Crippen molar-refractivity contribution < 1.29 is 4.79 Å². The van der Waals surface area contributed by atoms with Crippen molar-refractivity contribution in [3.05, 3.63) is 95.6 Å². The van der Waals surface area contributed by atoms with Crippen molar-refractivity contribution in [2.24, 2.45) is 0 Å². The zero-order valence-corrected chi connectivity index (χ0v) is 13.1. The first-order chi connectivity index (χ1) is 10.7. The number of carbonyl (C=O) groups excluding carboxylic acids is 1. The van der Waals surface area contributed by atoms with Gasteiger partial charge in [-0.05, 0) is 31.2 Å². The molecule has 3 aromatic carbocycles. The Bertz CT molecular complexity index is 776. The number of carbonyl (C=O) groups is 1. The molecule has 0 aliphatic carbocycles. The van der Waals surface area contributed by atoms with Gasteiger partial charge in [-0.15, -0.1) is 0 Å². The van der Waals surface area contributed by atoms with Crippen molar-refractivity contribution in [3.8, 4) is 0 Å². The molecule has 1 nitrogen and oxygen atoms in total. The topological polar surface area (TPSA) is 17.1 Å². The van der Waals surface area contributed by atoms with Gasteiger partial charge in [0.1, 0.15) is 0 Å². The van der Waals surface area contributed by atoms with Gasteiger partial charge in [0.2, 0.25) is 0 Å². The van der Waals surface area contributed by atoms with Crippen molar-refractivity contribution in [3.63, 3.8) is 0 Å². The van der Waals surface area contributed by atoms with E-state index in [9.17, 15) is 4.79 Å². The number of rotatable bonds is 4. The Morgan fingerprint density at radius 1 is 0.773 bits per heavy atom. The monoisotopic (exact) mass is 304 g/mol. The normalized spacial score (nSPS) is 10.4. The van der Waals surface area contributed by atoms with Crippen LogP contribution in [0, 0.1) is 6.92 Å². The number of ketones is 1. The summed E-state index contributed by atoms with van der Waals surface area (Å²) in [5.41, 5.74) is 2.71. The fourth-order valence-electron chi connectivity index (χ4n) is 2.22. The van der Waals surface area contributed by atoms with Crippen molar-refractivity contribution in [2.45, 2.75) is 16.7 Å². The molecule has 0 amide bonds. The summed E-state index contributed by atoms with van der Waals surface area (Å²) < 4.78 is 0. The minimum absolute atomic E-state index is 0.0656. The first kappa shape index (κ1) is 14.6. The van der Waals surface area contributed by atoms with Gasteiger partial charge in [0.05, 0.1) is 0 Å². The van der Waals surface area contributed by atoms with Crippen LogP contribution in [0.2, 0.25) is 0 Å². The van der Waals surface area contributed by atoms with Crippen molar-refractivity contribution in [2.75, 3.05) is 0 Å². The number of aryl methyl sites for hydroxylation is 1. The first-order valence-corrected chi connectivity index (χ1v) is 7.99. The first-order valence-electron chi connectivity index (χ1n) is 7.17. The van der Waals surface area contributed by atoms with Crippen molar-refractivity contribution >= 4 is 17.5 Å². The smallest absolute Gasteiger partial charge is 0.194 e. The molecule has 0 N–H and O–H groups in total. The molecule has 0 radical (unpaired) electrons. The molecule has 0 fully saturated rings. The summed E-state index contributed by atoms with van der Waals surface area (Å²) in [6.45, 7) is 2.07. The predicted octanol–water partition coefficient (Wildman–Crippen LogP) is 5.38. The average molecular weight is 304 g/mol. The summed E-state index contributed by atoms with van der Waals surface area (Å²) in [6.07, 6.45) is 0. The lowest BCUT2D eigenvalue weighted by molar-refractivity contribution is 0.103. The van der Waals surface area contributed by atoms with Crippen LogP contribution in [0.3, 0.4) is 0 Å².